The van der Waals surface area contributed by atoms with E-state index in [1.807, 2.05) is 0 Å². The van der Waals surface area contributed by atoms with Gasteiger partial charge in [0.05, 0.1) is 6.61 Å². The number of hydrogen-bond donors (Lipinski definition) is 1. The standard InChI is InChI=1S/C24H29Cl3N2O3/c1-3-4-14-28-24(31)17(2)29(16-20-21(26)7-5-8-22(20)27)23(30)9-6-15-32-19-12-10-18(25)11-13-19/h5,7-8,10-13,17H,3-4,6,9,14-16H2,1-2H3,(H,28,31)/t17-/m0/s1. The molecule has 1 N–H and O–H groups in total. The summed E-state index contributed by atoms with van der Waals surface area (Å²) in [6.07, 6.45) is 2.57. The Kier molecular flexibility index (Phi) is 11.1. The summed E-state index contributed by atoms with van der Waals surface area (Å²) in [6, 6.07) is 11.6. The minimum Gasteiger partial charge on any atom is -0.494 e. The van der Waals surface area contributed by atoms with Gasteiger partial charge in [0, 0.05) is 40.1 Å². The van der Waals surface area contributed by atoms with Crippen LogP contribution in [-0.4, -0.2) is 35.9 Å². The van der Waals surface area contributed by atoms with Crippen LogP contribution in [0.2, 0.25) is 15.1 Å². The third-order valence-corrected chi connectivity index (χ3v) is 5.96. The molecule has 5 nitrogen and oxygen atoms in total. The Balaban J connectivity index is 2.03. The van der Waals surface area contributed by atoms with Crippen LogP contribution in [-0.2, 0) is 16.1 Å². The molecule has 1 atom stereocenters. The molecule has 0 heterocycles. The van der Waals surface area contributed by atoms with Crippen LogP contribution in [0.25, 0.3) is 0 Å². The van der Waals surface area contributed by atoms with Crippen molar-refractivity contribution >= 4 is 46.6 Å². The van der Waals surface area contributed by atoms with Crippen molar-refractivity contribution in [2.24, 2.45) is 0 Å². The Bertz CT molecular complexity index is 870. The summed E-state index contributed by atoms with van der Waals surface area (Å²) in [6.45, 7) is 4.86. The number of carbonyl (C=O) groups excluding carboxylic acids is 2. The summed E-state index contributed by atoms with van der Waals surface area (Å²) < 4.78 is 5.67. The first-order chi connectivity index (χ1) is 15.3. The van der Waals surface area contributed by atoms with Gasteiger partial charge in [-0.15, -0.1) is 0 Å². The molecule has 0 aromatic heterocycles. The van der Waals surface area contributed by atoms with E-state index in [2.05, 4.69) is 12.2 Å². The Morgan fingerprint density at radius 1 is 1.03 bits per heavy atom. The van der Waals surface area contributed by atoms with E-state index in [0.717, 1.165) is 12.8 Å². The summed E-state index contributed by atoms with van der Waals surface area (Å²) in [5, 5.41) is 4.44. The fourth-order valence-electron chi connectivity index (χ4n) is 3.06. The smallest absolute Gasteiger partial charge is 0.242 e. The lowest BCUT2D eigenvalue weighted by atomic mass is 10.1. The lowest BCUT2D eigenvalue weighted by Crippen LogP contribution is -2.47. The highest BCUT2D eigenvalue weighted by atomic mass is 35.5. The highest BCUT2D eigenvalue weighted by Gasteiger charge is 2.27. The van der Waals surface area contributed by atoms with Crippen LogP contribution in [0.4, 0.5) is 0 Å². The predicted octanol–water partition coefficient (Wildman–Crippen LogP) is 6.14. The van der Waals surface area contributed by atoms with Gasteiger partial charge in [0.25, 0.3) is 0 Å². The van der Waals surface area contributed by atoms with Gasteiger partial charge in [0.1, 0.15) is 11.8 Å². The average Bonchev–Trinajstić information content (AvgIpc) is 2.77. The van der Waals surface area contributed by atoms with Crippen molar-refractivity contribution in [3.8, 4) is 5.75 Å². The number of ether oxygens (including phenoxy) is 1. The van der Waals surface area contributed by atoms with E-state index < -0.39 is 6.04 Å². The average molecular weight is 500 g/mol. The Morgan fingerprint density at radius 2 is 1.69 bits per heavy atom. The molecule has 2 rings (SSSR count). The van der Waals surface area contributed by atoms with Crippen molar-refractivity contribution in [2.75, 3.05) is 13.2 Å². The third-order valence-electron chi connectivity index (χ3n) is 5.00. The van der Waals surface area contributed by atoms with E-state index >= 15 is 0 Å². The minimum absolute atomic E-state index is 0.151. The minimum atomic E-state index is -0.663. The predicted molar refractivity (Wildman–Crippen MR) is 131 cm³/mol. The molecule has 2 aromatic rings. The molecule has 2 amide bonds. The monoisotopic (exact) mass is 498 g/mol. The zero-order chi connectivity index (χ0) is 23.5. The van der Waals surface area contributed by atoms with Gasteiger partial charge < -0.3 is 15.0 Å². The van der Waals surface area contributed by atoms with Crippen molar-refractivity contribution in [1.29, 1.82) is 0 Å². The molecule has 32 heavy (non-hydrogen) atoms. The lowest BCUT2D eigenvalue weighted by Gasteiger charge is -2.29. The first-order valence-corrected chi connectivity index (χ1v) is 11.8. The summed E-state index contributed by atoms with van der Waals surface area (Å²) in [4.78, 5) is 27.3. The molecule has 0 spiro atoms. The zero-order valence-electron chi connectivity index (χ0n) is 18.4. The number of unbranched alkanes of at least 4 members (excludes halogenated alkanes) is 1. The van der Waals surface area contributed by atoms with Crippen molar-refractivity contribution in [3.63, 3.8) is 0 Å². The van der Waals surface area contributed by atoms with Crippen LogP contribution >= 0.6 is 34.8 Å². The molecule has 0 fully saturated rings. The number of amides is 2. The van der Waals surface area contributed by atoms with E-state index in [4.69, 9.17) is 39.5 Å². The van der Waals surface area contributed by atoms with Crippen molar-refractivity contribution < 1.29 is 14.3 Å². The summed E-state index contributed by atoms with van der Waals surface area (Å²) in [5.74, 6) is 0.316. The second kappa shape index (κ2) is 13.6. The molecule has 174 valence electrons. The normalized spacial score (nSPS) is 11.7. The molecule has 2 aromatic carbocycles. The summed E-state index contributed by atoms with van der Waals surface area (Å²) in [5.41, 5.74) is 0.620. The molecule has 0 saturated heterocycles. The highest BCUT2D eigenvalue weighted by Crippen LogP contribution is 2.27. The number of rotatable bonds is 12. The largest absolute Gasteiger partial charge is 0.494 e. The first-order valence-electron chi connectivity index (χ1n) is 10.7. The molecular weight excluding hydrogens is 471 g/mol. The molecular formula is C24H29Cl3N2O3. The highest BCUT2D eigenvalue weighted by molar-refractivity contribution is 6.36. The second-order valence-corrected chi connectivity index (χ2v) is 8.70. The number of hydrogen-bond acceptors (Lipinski definition) is 3. The molecule has 0 bridgehead atoms. The van der Waals surface area contributed by atoms with Crippen LogP contribution in [0.3, 0.4) is 0 Å². The van der Waals surface area contributed by atoms with Crippen LogP contribution in [0.15, 0.2) is 42.5 Å². The van der Waals surface area contributed by atoms with Crippen molar-refractivity contribution in [1.82, 2.24) is 10.2 Å². The Labute approximate surface area is 205 Å². The van der Waals surface area contributed by atoms with Gasteiger partial charge in [0.15, 0.2) is 0 Å². The molecule has 0 unspecified atom stereocenters. The van der Waals surface area contributed by atoms with E-state index in [0.29, 0.717) is 46.0 Å². The molecule has 8 heteroatoms. The zero-order valence-corrected chi connectivity index (χ0v) is 20.6. The van der Waals surface area contributed by atoms with E-state index in [-0.39, 0.29) is 24.8 Å². The maximum absolute atomic E-state index is 13.1. The quantitative estimate of drug-likeness (QED) is 0.357. The van der Waals surface area contributed by atoms with E-state index in [9.17, 15) is 9.59 Å². The van der Waals surface area contributed by atoms with Gasteiger partial charge in [-0.25, -0.2) is 0 Å². The second-order valence-electron chi connectivity index (χ2n) is 7.45. The third kappa shape index (κ3) is 8.19. The van der Waals surface area contributed by atoms with Crippen LogP contribution in [0.1, 0.15) is 45.1 Å². The van der Waals surface area contributed by atoms with Crippen molar-refractivity contribution in [2.45, 2.75) is 52.1 Å². The summed E-state index contributed by atoms with van der Waals surface area (Å²) in [7, 11) is 0. The van der Waals surface area contributed by atoms with Gasteiger partial charge in [0.2, 0.25) is 11.8 Å². The maximum Gasteiger partial charge on any atom is 0.242 e. The molecule has 0 aliphatic rings. The number of halogens is 3. The fraction of sp³-hybridized carbons (Fsp3) is 0.417. The SMILES string of the molecule is CCCCNC(=O)[C@H](C)N(Cc1c(Cl)cccc1Cl)C(=O)CCCOc1ccc(Cl)cc1. The van der Waals surface area contributed by atoms with E-state index in [1.54, 1.807) is 49.4 Å². The van der Waals surface area contributed by atoms with Gasteiger partial charge >= 0.3 is 0 Å². The first kappa shape index (κ1) is 26.3. The van der Waals surface area contributed by atoms with Gasteiger partial charge in [-0.05, 0) is 56.2 Å². The van der Waals surface area contributed by atoms with Gasteiger partial charge in [-0.1, -0.05) is 54.2 Å². The number of nitrogens with one attached hydrogen (secondary N) is 1. The number of carbonyl (C=O) groups is 2. The van der Waals surface area contributed by atoms with Crippen molar-refractivity contribution in [3.05, 3.63) is 63.1 Å². The van der Waals surface area contributed by atoms with Crippen LogP contribution in [0.5, 0.6) is 5.75 Å². The maximum atomic E-state index is 13.1. The Hall–Kier alpha value is -1.95. The molecule has 0 aliphatic heterocycles. The molecule has 0 saturated carbocycles. The lowest BCUT2D eigenvalue weighted by molar-refractivity contribution is -0.140. The van der Waals surface area contributed by atoms with Gasteiger partial charge in [-0.2, -0.15) is 0 Å². The van der Waals surface area contributed by atoms with Crippen LogP contribution < -0.4 is 10.1 Å². The fourth-order valence-corrected chi connectivity index (χ4v) is 3.70. The Morgan fingerprint density at radius 3 is 2.31 bits per heavy atom. The van der Waals surface area contributed by atoms with Crippen LogP contribution in [0, 0.1) is 0 Å². The van der Waals surface area contributed by atoms with Gasteiger partial charge in [-0.3, -0.25) is 9.59 Å². The topological polar surface area (TPSA) is 58.6 Å². The molecule has 0 aliphatic carbocycles. The van der Waals surface area contributed by atoms with E-state index in [1.165, 1.54) is 4.90 Å². The number of nitrogens with zero attached hydrogens (tertiary/aromatic N) is 1. The summed E-state index contributed by atoms with van der Waals surface area (Å²) >= 11 is 18.5. The number of benzene rings is 2. The molecule has 0 radical (unpaired) electrons.